The number of carbonyl (C=O) groups is 1. The van der Waals surface area contributed by atoms with Crippen molar-refractivity contribution in [2.45, 2.75) is 41.5 Å². The van der Waals surface area contributed by atoms with Crippen LogP contribution in [0.1, 0.15) is 36.1 Å². The van der Waals surface area contributed by atoms with Crippen molar-refractivity contribution in [3.8, 4) is 0 Å². The molecule has 0 saturated carbocycles. The summed E-state index contributed by atoms with van der Waals surface area (Å²) < 4.78 is 6.17. The van der Waals surface area contributed by atoms with Crippen LogP contribution < -0.4 is 5.32 Å². The lowest BCUT2D eigenvalue weighted by Gasteiger charge is -2.09. The molecule has 3 nitrogen and oxygen atoms in total. The summed E-state index contributed by atoms with van der Waals surface area (Å²) in [5.74, 6) is -0.321. The molecule has 2 aromatic rings. The van der Waals surface area contributed by atoms with Gasteiger partial charge in [0.15, 0.2) is 0 Å². The molecule has 0 amide bonds. The Morgan fingerprint density at radius 3 is 2.27 bits per heavy atom. The topological polar surface area (TPSA) is 38.3 Å². The predicted octanol–water partition coefficient (Wildman–Crippen LogP) is 6.09. The van der Waals surface area contributed by atoms with E-state index >= 15 is 0 Å². The minimum Gasteiger partial charge on any atom is -0.463 e. The van der Waals surface area contributed by atoms with Crippen molar-refractivity contribution >= 4 is 34.2 Å². The van der Waals surface area contributed by atoms with E-state index in [1.165, 1.54) is 31.9 Å². The molecule has 0 saturated heterocycles. The third kappa shape index (κ3) is 7.20. The summed E-state index contributed by atoms with van der Waals surface area (Å²) in [7, 11) is 0. The van der Waals surface area contributed by atoms with Gasteiger partial charge >= 0.3 is 5.97 Å². The van der Waals surface area contributed by atoms with E-state index in [-0.39, 0.29) is 5.97 Å². The Morgan fingerprint density at radius 2 is 1.69 bits per heavy atom. The molecule has 26 heavy (non-hydrogen) atoms. The SMILES string of the molecule is CCOC(=O)/C=C(\C)Nc1ccccc1.Cc1cc(I)c(C)c(C)c1C. The van der Waals surface area contributed by atoms with Crippen LogP contribution in [0.25, 0.3) is 0 Å². The van der Waals surface area contributed by atoms with Gasteiger partial charge in [-0.1, -0.05) is 18.2 Å². The smallest absolute Gasteiger partial charge is 0.332 e. The summed E-state index contributed by atoms with van der Waals surface area (Å²) in [5, 5.41) is 3.09. The molecular formula is C22H28INO2. The van der Waals surface area contributed by atoms with E-state index in [1.807, 2.05) is 37.3 Å². The summed E-state index contributed by atoms with van der Waals surface area (Å²) in [6.45, 7) is 12.7. The van der Waals surface area contributed by atoms with Gasteiger partial charge in [0.1, 0.15) is 0 Å². The summed E-state index contributed by atoms with van der Waals surface area (Å²) in [4.78, 5) is 11.1. The van der Waals surface area contributed by atoms with E-state index in [9.17, 15) is 4.79 Å². The molecule has 140 valence electrons. The Labute approximate surface area is 171 Å². The largest absolute Gasteiger partial charge is 0.463 e. The second-order valence-electron chi connectivity index (χ2n) is 6.12. The first-order valence-electron chi connectivity index (χ1n) is 8.66. The number of allylic oxidation sites excluding steroid dienone is 1. The summed E-state index contributed by atoms with van der Waals surface area (Å²) in [5.41, 5.74) is 7.42. The quantitative estimate of drug-likeness (QED) is 0.337. The van der Waals surface area contributed by atoms with Gasteiger partial charge in [0.25, 0.3) is 0 Å². The first-order chi connectivity index (χ1) is 12.3. The highest BCUT2D eigenvalue weighted by molar-refractivity contribution is 14.1. The van der Waals surface area contributed by atoms with Crippen LogP contribution in [0.4, 0.5) is 5.69 Å². The zero-order valence-electron chi connectivity index (χ0n) is 16.4. The van der Waals surface area contributed by atoms with E-state index in [0.29, 0.717) is 6.61 Å². The number of carbonyl (C=O) groups excluding carboxylic acids is 1. The second-order valence-corrected chi connectivity index (χ2v) is 7.28. The molecule has 0 radical (unpaired) electrons. The van der Waals surface area contributed by atoms with Crippen molar-refractivity contribution in [3.05, 3.63) is 74.0 Å². The first kappa shape index (κ1) is 22.2. The molecule has 0 aliphatic rings. The molecule has 4 heteroatoms. The number of hydrogen-bond donors (Lipinski definition) is 1. The molecule has 0 unspecified atom stereocenters. The number of nitrogens with one attached hydrogen (secondary N) is 1. The fraction of sp³-hybridized carbons (Fsp3) is 0.318. The maximum Gasteiger partial charge on any atom is 0.332 e. The highest BCUT2D eigenvalue weighted by Gasteiger charge is 2.03. The maximum absolute atomic E-state index is 11.1. The normalized spacial score (nSPS) is 10.7. The van der Waals surface area contributed by atoms with E-state index in [4.69, 9.17) is 4.74 Å². The summed E-state index contributed by atoms with van der Waals surface area (Å²) >= 11 is 2.39. The van der Waals surface area contributed by atoms with Crippen molar-refractivity contribution in [2.24, 2.45) is 0 Å². The molecule has 2 aromatic carbocycles. The molecular weight excluding hydrogens is 437 g/mol. The van der Waals surface area contributed by atoms with Gasteiger partial charge in [-0.3, -0.25) is 0 Å². The van der Waals surface area contributed by atoms with Gasteiger partial charge in [-0.25, -0.2) is 4.79 Å². The van der Waals surface area contributed by atoms with E-state index in [0.717, 1.165) is 11.4 Å². The third-order valence-corrected chi connectivity index (χ3v) is 5.27. The lowest BCUT2D eigenvalue weighted by atomic mass is 10.0. The van der Waals surface area contributed by atoms with Gasteiger partial charge in [-0.15, -0.1) is 0 Å². The van der Waals surface area contributed by atoms with Gasteiger partial charge in [0.2, 0.25) is 0 Å². The van der Waals surface area contributed by atoms with Gasteiger partial charge in [0, 0.05) is 21.0 Å². The van der Waals surface area contributed by atoms with Crippen LogP contribution in [0.5, 0.6) is 0 Å². The highest BCUT2D eigenvalue weighted by Crippen LogP contribution is 2.21. The van der Waals surface area contributed by atoms with E-state index in [2.05, 4.69) is 61.7 Å². The molecule has 1 N–H and O–H groups in total. The van der Waals surface area contributed by atoms with Crippen LogP contribution in [-0.2, 0) is 9.53 Å². The van der Waals surface area contributed by atoms with Crippen LogP contribution in [0.2, 0.25) is 0 Å². The number of esters is 1. The summed E-state index contributed by atoms with van der Waals surface area (Å²) in [6.07, 6.45) is 1.44. The average molecular weight is 465 g/mol. The average Bonchev–Trinajstić information content (AvgIpc) is 2.59. The zero-order chi connectivity index (χ0) is 19.7. The molecule has 0 aliphatic carbocycles. The van der Waals surface area contributed by atoms with Crippen LogP contribution in [0.15, 0.2) is 48.2 Å². The number of benzene rings is 2. The fourth-order valence-electron chi connectivity index (χ4n) is 2.31. The van der Waals surface area contributed by atoms with Gasteiger partial charge in [0.05, 0.1) is 6.61 Å². The van der Waals surface area contributed by atoms with Crippen molar-refractivity contribution in [2.75, 3.05) is 11.9 Å². The Hall–Kier alpha value is -1.82. The third-order valence-electron chi connectivity index (χ3n) is 4.15. The van der Waals surface area contributed by atoms with Gasteiger partial charge < -0.3 is 10.1 Å². The molecule has 0 spiro atoms. The molecule has 2 rings (SSSR count). The Morgan fingerprint density at radius 1 is 1.08 bits per heavy atom. The van der Waals surface area contributed by atoms with Gasteiger partial charge in [-0.2, -0.15) is 0 Å². The standard InChI is InChI=1S/C12H15NO2.C10H13I/c1-3-15-12(14)9-10(2)13-11-7-5-4-6-8-11;1-6-5-10(11)9(4)8(3)7(6)2/h4-9,13H,3H2,1-2H3;5H,1-4H3/b10-9+;. The van der Waals surface area contributed by atoms with E-state index < -0.39 is 0 Å². The minimum absolute atomic E-state index is 0.321. The number of aryl methyl sites for hydroxylation is 1. The first-order valence-corrected chi connectivity index (χ1v) is 9.74. The number of anilines is 1. The summed E-state index contributed by atoms with van der Waals surface area (Å²) in [6, 6.07) is 11.9. The van der Waals surface area contributed by atoms with Crippen molar-refractivity contribution < 1.29 is 9.53 Å². The molecule has 0 aliphatic heterocycles. The Bertz CT molecular complexity index is 741. The number of para-hydroxylation sites is 1. The van der Waals surface area contributed by atoms with Crippen molar-refractivity contribution in [1.82, 2.24) is 0 Å². The zero-order valence-corrected chi connectivity index (χ0v) is 18.6. The van der Waals surface area contributed by atoms with Crippen LogP contribution >= 0.6 is 22.6 Å². The van der Waals surface area contributed by atoms with Gasteiger partial charge in [-0.05, 0) is 105 Å². The molecule has 0 bridgehead atoms. The number of rotatable bonds is 4. The lowest BCUT2D eigenvalue weighted by Crippen LogP contribution is -2.04. The second kappa shape index (κ2) is 11.0. The maximum atomic E-state index is 11.1. The van der Waals surface area contributed by atoms with E-state index in [1.54, 1.807) is 6.92 Å². The number of halogens is 1. The molecule has 0 atom stereocenters. The fourth-order valence-corrected chi connectivity index (χ4v) is 3.18. The minimum atomic E-state index is -0.321. The van der Waals surface area contributed by atoms with Crippen LogP contribution in [-0.4, -0.2) is 12.6 Å². The van der Waals surface area contributed by atoms with Crippen LogP contribution in [0, 0.1) is 31.3 Å². The van der Waals surface area contributed by atoms with Crippen LogP contribution in [0.3, 0.4) is 0 Å². The molecule has 0 heterocycles. The Balaban J connectivity index is 0.000000273. The highest BCUT2D eigenvalue weighted by atomic mass is 127. The lowest BCUT2D eigenvalue weighted by molar-refractivity contribution is -0.137. The Kier molecular flexibility index (Phi) is 9.41. The molecule has 0 fully saturated rings. The number of hydrogen-bond acceptors (Lipinski definition) is 3. The number of ether oxygens (including phenoxy) is 1. The van der Waals surface area contributed by atoms with Crippen molar-refractivity contribution in [1.29, 1.82) is 0 Å². The van der Waals surface area contributed by atoms with Crippen molar-refractivity contribution in [3.63, 3.8) is 0 Å². The molecule has 0 aromatic heterocycles. The predicted molar refractivity (Wildman–Crippen MR) is 119 cm³/mol. The monoisotopic (exact) mass is 465 g/mol.